The van der Waals surface area contributed by atoms with Crippen LogP contribution in [-0.2, 0) is 159 Å². The normalized spacial score (nSPS) is 31.0. The fourth-order valence-corrected chi connectivity index (χ4v) is 49.5. The van der Waals surface area contributed by atoms with Gasteiger partial charge in [0, 0.05) is 152 Å². The summed E-state index contributed by atoms with van der Waals surface area (Å²) in [6, 6.07) is 6.18. The molecule has 0 aliphatic carbocycles. The van der Waals surface area contributed by atoms with Crippen LogP contribution in [0.4, 0.5) is 0 Å². The van der Waals surface area contributed by atoms with Gasteiger partial charge < -0.3 is 169 Å². The van der Waals surface area contributed by atoms with Crippen LogP contribution in [0.2, 0.25) is 48.4 Å². The first-order chi connectivity index (χ1) is 48.5. The van der Waals surface area contributed by atoms with Crippen molar-refractivity contribution in [2.24, 2.45) is 28.7 Å². The number of rotatable bonds is 43. The molecule has 0 aromatic carbocycles. The molecule has 0 amide bonds. The molecule has 8 bridgehead atoms. The van der Waals surface area contributed by atoms with E-state index in [1.54, 1.807) is 35.5 Å². The number of hydrogen-bond acceptors (Lipinski definition) is 28. The Balaban J connectivity index is -0.000000167. The molecule has 6 saturated heterocycles. The monoisotopic (exact) mass is 2020 g/mol. The predicted octanol–water partition coefficient (Wildman–Crippen LogP) is 7.30. The number of aliphatic hydroxyl groups is 2. The van der Waals surface area contributed by atoms with E-state index in [-0.39, 0.29) is 150 Å². The van der Waals surface area contributed by atoms with E-state index in [9.17, 15) is 0 Å². The molecule has 35 nitrogen and oxygen atoms in total. The average Bonchev–Trinajstić information content (AvgIpc) is 1.58. The van der Waals surface area contributed by atoms with Crippen molar-refractivity contribution >= 4 is 101 Å². The molecule has 0 aromatic heterocycles. The average molecular weight is 2020 g/mol. The summed E-state index contributed by atoms with van der Waals surface area (Å²) in [4.78, 5) is 0. The second-order valence-corrected chi connectivity index (χ2v) is 50.9. The molecule has 4 radical (unpaired) electrons. The molecular weight excluding hydrogens is 1870 g/mol. The Morgan fingerprint density at radius 1 is 0.429 bits per heavy atom. The zero-order valence-corrected chi connectivity index (χ0v) is 81.2. The van der Waals surface area contributed by atoms with Crippen LogP contribution in [0.25, 0.3) is 16.8 Å². The molecule has 6 aliphatic rings. The second kappa shape index (κ2) is 71.4. The number of nitrogens with two attached hydrogens (primary N) is 5. The Morgan fingerprint density at radius 2 is 0.705 bits per heavy atom. The van der Waals surface area contributed by atoms with Gasteiger partial charge >= 0.3 is 113 Å². The van der Waals surface area contributed by atoms with E-state index in [0.717, 1.165) is 18.9 Å². The van der Waals surface area contributed by atoms with E-state index in [0.29, 0.717) is 178 Å². The van der Waals surface area contributed by atoms with Gasteiger partial charge in [0.2, 0.25) is 0 Å². The predicted molar refractivity (Wildman–Crippen MR) is 443 cm³/mol. The van der Waals surface area contributed by atoms with E-state index in [2.05, 4.69) is 47.8 Å². The van der Waals surface area contributed by atoms with Crippen LogP contribution in [0.3, 0.4) is 0 Å². The van der Waals surface area contributed by atoms with Crippen molar-refractivity contribution in [1.82, 2.24) is 0 Å². The smallest absolute Gasteiger partial charge is 0.677 e. The minimum absolute atomic E-state index is 0. The van der Waals surface area contributed by atoms with Crippen molar-refractivity contribution in [3.05, 3.63) is 22.8 Å². The molecule has 0 aromatic rings. The largest absolute Gasteiger partial charge is 2.00 e. The van der Waals surface area contributed by atoms with Gasteiger partial charge in [-0.2, -0.15) is 27.1 Å². The topological polar surface area (TPSA) is 552 Å². The number of fused-ring (bicyclic) bond motifs is 10. The van der Waals surface area contributed by atoms with Crippen LogP contribution in [0.15, 0.2) is 0 Å². The van der Waals surface area contributed by atoms with Crippen molar-refractivity contribution in [2.75, 3.05) is 108 Å². The maximum Gasteiger partial charge on any atom is 2.00 e. The van der Waals surface area contributed by atoms with Crippen LogP contribution in [-0.4, -0.2) is 280 Å². The molecule has 10 unspecified atom stereocenters. The third-order valence-electron chi connectivity index (χ3n) is 17.7. The van der Waals surface area contributed by atoms with Gasteiger partial charge in [-0.25, -0.2) is 0 Å². The number of hydrogen-bond donors (Lipinski definition) is 7. The summed E-state index contributed by atoms with van der Waals surface area (Å²) < 4.78 is 138. The van der Waals surface area contributed by atoms with Crippen molar-refractivity contribution in [3.8, 4) is 0 Å². The molecular formula is C62H156Cl2Cu4N8O27Si9. The first-order valence-electron chi connectivity index (χ1n) is 36.9. The van der Waals surface area contributed by atoms with Gasteiger partial charge in [-0.1, -0.05) is 83.1 Å². The number of nitrogens with one attached hydrogen (secondary N) is 2. The van der Waals surface area contributed by atoms with Crippen LogP contribution < -0.4 is 28.7 Å². The summed E-state index contributed by atoms with van der Waals surface area (Å²) in [5, 5.41) is 22.0. The van der Waals surface area contributed by atoms with Crippen molar-refractivity contribution in [3.63, 3.8) is 0 Å². The summed E-state index contributed by atoms with van der Waals surface area (Å²) in [6.07, 6.45) is 4.60. The minimum atomic E-state index is -3.58. The molecule has 0 spiro atoms. The van der Waals surface area contributed by atoms with Gasteiger partial charge in [-0.05, 0) is 124 Å². The fourth-order valence-electron chi connectivity index (χ4n) is 12.5. The summed E-state index contributed by atoms with van der Waals surface area (Å²) in [5.74, 6) is 0. The first-order valence-corrected chi connectivity index (χ1v) is 55.3. The summed E-state index contributed by atoms with van der Waals surface area (Å²) in [7, 11) is -13.2. The third-order valence-corrected chi connectivity index (χ3v) is 50.7. The zero-order valence-electron chi connectivity index (χ0n) is 66.9. The fraction of sp³-hybridized carbons (Fsp3) is 0.984. The Hall–Kier alpha value is 3.21. The zero-order chi connectivity index (χ0) is 75.9. The Kier molecular flexibility index (Phi) is 86.5. The van der Waals surface area contributed by atoms with Crippen LogP contribution in [0.5, 0.6) is 0 Å². The quantitative estimate of drug-likeness (QED) is 0.0179. The summed E-state index contributed by atoms with van der Waals surface area (Å²) in [6.45, 7) is 25.2. The van der Waals surface area contributed by atoms with Gasteiger partial charge in [-0.15, -0.1) is 6.54 Å². The second-order valence-electron chi connectivity index (χ2n) is 24.9. The molecule has 6 aliphatic heterocycles. The van der Waals surface area contributed by atoms with Crippen LogP contribution in [0, 0.1) is 6.04 Å². The van der Waals surface area contributed by atoms with E-state index in [1.165, 1.54) is 0 Å². The summed E-state index contributed by atoms with van der Waals surface area (Å²) in [5.41, 5.74) is 45.1. The molecule has 18 atom stereocenters. The SMILES string of the molecule is C.C.C.CCO[Si](CCCN)(OCC)OCC.CC[C@@H](O)[C@@H](O)CC.CC[C@@H]1O[Si](CCCN)(OC)O[Si]2(CCCN)OC1[C@@H]1O[Si](CCCN)(O[Si](CCCN)(OC)O[C@@H]1CC)O2.C[CH-][Si]1(OC)O[C@H](CC)[C@H]2O[Si](CCC[NH-])(O1)O[Si]1(CCC[NH-])OC2[C@H](CC)O[Si](CCC[N-]C)(OC)O1.ClCl.O.O.O.O.[Cu+2].[Cu+2].[Cu].[Cu]. The number of nitrogens with zero attached hydrogens (tertiary/aromatic N) is 1. The van der Waals surface area contributed by atoms with E-state index in [4.69, 9.17) is 141 Å². The molecule has 50 heteroatoms. The van der Waals surface area contributed by atoms with Crippen molar-refractivity contribution in [1.29, 1.82) is 0 Å². The number of aliphatic hydroxyl groups excluding tert-OH is 2. The molecule has 0 saturated carbocycles. The molecule has 700 valence electrons. The molecule has 22 N–H and O–H groups in total. The maximum atomic E-state index is 8.88. The number of halogens is 2. The van der Waals surface area contributed by atoms with Crippen molar-refractivity contribution < 1.29 is 191 Å². The van der Waals surface area contributed by atoms with Gasteiger partial charge in [0.15, 0.2) is 0 Å². The molecule has 6 rings (SSSR count). The summed E-state index contributed by atoms with van der Waals surface area (Å²) >= 11 is 0. The van der Waals surface area contributed by atoms with Gasteiger partial charge in [-0.3, -0.25) is 6.04 Å². The van der Waals surface area contributed by atoms with Gasteiger partial charge in [0.25, 0.3) is 0 Å². The maximum absolute atomic E-state index is 8.88. The van der Waals surface area contributed by atoms with E-state index < -0.39 is 116 Å². The van der Waals surface area contributed by atoms with Gasteiger partial charge in [0.1, 0.15) is 24.4 Å². The van der Waals surface area contributed by atoms with Gasteiger partial charge in [0.05, 0.1) is 36.6 Å². The van der Waals surface area contributed by atoms with Crippen LogP contribution >= 0.6 is 21.7 Å². The van der Waals surface area contributed by atoms with Crippen LogP contribution in [0.1, 0.15) is 181 Å². The first kappa shape index (κ1) is 136. The van der Waals surface area contributed by atoms with E-state index in [1.807, 2.05) is 54.5 Å². The Morgan fingerprint density at radius 3 is 0.946 bits per heavy atom. The molecule has 112 heavy (non-hydrogen) atoms. The van der Waals surface area contributed by atoms with Crippen molar-refractivity contribution in [2.45, 2.75) is 291 Å². The Labute approximate surface area is 736 Å². The minimum Gasteiger partial charge on any atom is -0.677 e. The Bertz CT molecular complexity index is 2110. The third kappa shape index (κ3) is 40.7. The van der Waals surface area contributed by atoms with E-state index >= 15 is 0 Å². The molecule has 6 heterocycles. The standard InChI is InChI=1S/C22H52N4O9Si4.C22H47N3O9Si4.C9H23NO3Si.C6H14O2.3CH4.Cl2.4Cu.4H2O/c1-5-19-21-22-20(6-2)30-37(28-4,16-8-12-24)34-39(32-22,18-10-14-26)35-38(31-21,17-9-13-25)33-36(27-3,29-19)15-7-11-23;1-7-19-21-22-20(8-2)29-36(27-6,18-12-15-25-4)33-38(31-22,17-11-14-24)34-37(30-21,16-10-13-23)32-35(9-3,26-5)28-19;1-4-11-14(12-5-2,13-6-3)9-7-8-10;1-3-5(7)6(8)4-2;;;;1-2;;;;;;;;/h19-22H,5-18,23-26H2,1-4H3;9,19-24H,7-8,10-18H2,1-6H3;4-10H2,1-3H3;5-8H,3-4H2,1-2H3;3*1H4;;;;;;4*1H2/q;-4;;;;;;;;;2*+2;;;;/t19-,20+,21-,22?,36?,37?,38?,39?;19-,20+,21-,22?,35?,36?,37?,38?;;5-,6+;;;;;;;;;;;;/m11............../s1. The molecule has 6 fully saturated rings.